The number of amides is 1. The molecule has 2 atom stereocenters. The Hall–Kier alpha value is -0.650. The van der Waals surface area contributed by atoms with E-state index < -0.39 is 0 Å². The topological polar surface area (TPSA) is 55.8 Å². The van der Waals surface area contributed by atoms with Crippen LogP contribution in [-0.2, 0) is 4.79 Å². The van der Waals surface area contributed by atoms with Crippen LogP contribution in [0.3, 0.4) is 0 Å². The SMILES string of the molecule is O=C([C@H]1C[C@H](O)CN1)N1CCN(CC2CC2)CC1. The number of hydrogen-bond acceptors (Lipinski definition) is 4. The summed E-state index contributed by atoms with van der Waals surface area (Å²) in [5.41, 5.74) is 0. The minimum Gasteiger partial charge on any atom is -0.392 e. The Balaban J connectivity index is 1.45. The summed E-state index contributed by atoms with van der Waals surface area (Å²) in [6.45, 7) is 5.50. The molecule has 0 aromatic rings. The van der Waals surface area contributed by atoms with E-state index in [2.05, 4.69) is 10.2 Å². The first-order chi connectivity index (χ1) is 8.72. The first-order valence-electron chi connectivity index (χ1n) is 7.15. The molecule has 2 heterocycles. The van der Waals surface area contributed by atoms with E-state index in [0.29, 0.717) is 13.0 Å². The standard InChI is InChI=1S/C13H23N3O2/c17-11-7-12(14-8-11)13(18)16-5-3-15(4-6-16)9-10-1-2-10/h10-12,14,17H,1-9H2/t11-,12+/m0/s1. The molecule has 3 rings (SSSR count). The Morgan fingerprint density at radius 2 is 1.94 bits per heavy atom. The van der Waals surface area contributed by atoms with Crippen molar-refractivity contribution in [1.82, 2.24) is 15.1 Å². The highest BCUT2D eigenvalue weighted by atomic mass is 16.3. The molecule has 0 unspecified atom stereocenters. The van der Waals surface area contributed by atoms with Crippen LogP contribution in [0.2, 0.25) is 0 Å². The third-order valence-corrected chi connectivity index (χ3v) is 4.30. The summed E-state index contributed by atoms with van der Waals surface area (Å²) in [6, 6.07) is -0.157. The number of rotatable bonds is 3. The maximum atomic E-state index is 12.2. The molecule has 5 nitrogen and oxygen atoms in total. The minimum absolute atomic E-state index is 0.157. The van der Waals surface area contributed by atoms with Crippen LogP contribution in [0.15, 0.2) is 0 Å². The van der Waals surface area contributed by atoms with Crippen molar-refractivity contribution in [3.8, 4) is 0 Å². The highest BCUT2D eigenvalue weighted by Crippen LogP contribution is 2.29. The van der Waals surface area contributed by atoms with E-state index >= 15 is 0 Å². The number of β-amino-alcohol motifs (C(OH)–C–C–N with tert-alkyl or cyclic N) is 1. The van der Waals surface area contributed by atoms with Gasteiger partial charge in [-0.25, -0.2) is 0 Å². The minimum atomic E-state index is -0.352. The first kappa shape index (κ1) is 12.4. The van der Waals surface area contributed by atoms with Gasteiger partial charge in [0.2, 0.25) is 5.91 Å². The normalized spacial score (nSPS) is 33.9. The molecule has 0 radical (unpaired) electrons. The third kappa shape index (κ3) is 2.84. The van der Waals surface area contributed by atoms with E-state index in [4.69, 9.17) is 0 Å². The Morgan fingerprint density at radius 1 is 1.22 bits per heavy atom. The molecule has 2 N–H and O–H groups in total. The van der Waals surface area contributed by atoms with Gasteiger partial charge in [0.15, 0.2) is 0 Å². The van der Waals surface area contributed by atoms with E-state index in [1.54, 1.807) is 0 Å². The fourth-order valence-electron chi connectivity index (χ4n) is 2.94. The summed E-state index contributed by atoms with van der Waals surface area (Å²) in [6.07, 6.45) is 3.00. The van der Waals surface area contributed by atoms with Crippen LogP contribution in [0.25, 0.3) is 0 Å². The van der Waals surface area contributed by atoms with Crippen molar-refractivity contribution in [2.75, 3.05) is 39.3 Å². The first-order valence-corrected chi connectivity index (χ1v) is 7.15. The smallest absolute Gasteiger partial charge is 0.239 e. The zero-order chi connectivity index (χ0) is 12.5. The highest BCUT2D eigenvalue weighted by Gasteiger charge is 2.33. The summed E-state index contributed by atoms with van der Waals surface area (Å²) in [4.78, 5) is 16.7. The molecule has 1 amide bonds. The number of aliphatic hydroxyl groups excluding tert-OH is 1. The van der Waals surface area contributed by atoms with Gasteiger partial charge in [-0.05, 0) is 25.2 Å². The van der Waals surface area contributed by atoms with Gasteiger partial charge in [-0.2, -0.15) is 0 Å². The van der Waals surface area contributed by atoms with E-state index in [0.717, 1.165) is 32.1 Å². The Bertz CT molecular complexity index is 311. The van der Waals surface area contributed by atoms with Crippen LogP contribution >= 0.6 is 0 Å². The van der Waals surface area contributed by atoms with E-state index in [1.807, 2.05) is 4.90 Å². The van der Waals surface area contributed by atoms with Crippen molar-refractivity contribution < 1.29 is 9.90 Å². The van der Waals surface area contributed by atoms with Crippen molar-refractivity contribution in [3.05, 3.63) is 0 Å². The predicted molar refractivity (Wildman–Crippen MR) is 68.2 cm³/mol. The van der Waals surface area contributed by atoms with Gasteiger partial charge in [-0.1, -0.05) is 0 Å². The second-order valence-electron chi connectivity index (χ2n) is 5.92. The second kappa shape index (κ2) is 5.15. The van der Waals surface area contributed by atoms with E-state index in [1.165, 1.54) is 19.4 Å². The van der Waals surface area contributed by atoms with Crippen LogP contribution in [0.1, 0.15) is 19.3 Å². The van der Waals surface area contributed by atoms with Gasteiger partial charge in [0.25, 0.3) is 0 Å². The molecule has 0 bridgehead atoms. The largest absolute Gasteiger partial charge is 0.392 e. The second-order valence-corrected chi connectivity index (χ2v) is 5.92. The summed E-state index contributed by atoms with van der Waals surface area (Å²) in [5.74, 6) is 1.11. The lowest BCUT2D eigenvalue weighted by Crippen LogP contribution is -2.53. The van der Waals surface area contributed by atoms with Crippen LogP contribution in [-0.4, -0.2) is 72.2 Å². The summed E-state index contributed by atoms with van der Waals surface area (Å²) in [5, 5.41) is 12.6. The maximum Gasteiger partial charge on any atom is 0.239 e. The molecule has 2 aliphatic heterocycles. The summed E-state index contributed by atoms with van der Waals surface area (Å²) >= 11 is 0. The Kier molecular flexibility index (Phi) is 3.54. The zero-order valence-electron chi connectivity index (χ0n) is 10.8. The number of hydrogen-bond donors (Lipinski definition) is 2. The predicted octanol–water partition coefficient (Wildman–Crippen LogP) is -0.737. The lowest BCUT2D eigenvalue weighted by atomic mass is 10.1. The van der Waals surface area contributed by atoms with Crippen LogP contribution in [0.4, 0.5) is 0 Å². The molecule has 18 heavy (non-hydrogen) atoms. The summed E-state index contributed by atoms with van der Waals surface area (Å²) < 4.78 is 0. The molecule has 0 spiro atoms. The van der Waals surface area contributed by atoms with Crippen LogP contribution < -0.4 is 5.32 Å². The molecular formula is C13H23N3O2. The molecule has 5 heteroatoms. The van der Waals surface area contributed by atoms with Gasteiger partial charge in [0.1, 0.15) is 0 Å². The lowest BCUT2D eigenvalue weighted by molar-refractivity contribution is -0.135. The number of nitrogens with one attached hydrogen (secondary N) is 1. The third-order valence-electron chi connectivity index (χ3n) is 4.30. The molecule has 2 saturated heterocycles. The monoisotopic (exact) mass is 253 g/mol. The van der Waals surface area contributed by atoms with E-state index in [-0.39, 0.29) is 18.1 Å². The van der Waals surface area contributed by atoms with Crippen molar-refractivity contribution in [1.29, 1.82) is 0 Å². The van der Waals surface area contributed by atoms with Crippen molar-refractivity contribution in [2.45, 2.75) is 31.4 Å². The fourth-order valence-corrected chi connectivity index (χ4v) is 2.94. The molecule has 0 aromatic heterocycles. The van der Waals surface area contributed by atoms with Gasteiger partial charge in [0.05, 0.1) is 12.1 Å². The fraction of sp³-hybridized carbons (Fsp3) is 0.923. The van der Waals surface area contributed by atoms with Gasteiger partial charge in [-0.3, -0.25) is 9.69 Å². The van der Waals surface area contributed by atoms with Crippen molar-refractivity contribution >= 4 is 5.91 Å². The van der Waals surface area contributed by atoms with Crippen LogP contribution in [0, 0.1) is 5.92 Å². The Labute approximate surface area is 108 Å². The molecule has 1 aliphatic carbocycles. The van der Waals surface area contributed by atoms with Gasteiger partial charge in [-0.15, -0.1) is 0 Å². The maximum absolute atomic E-state index is 12.2. The van der Waals surface area contributed by atoms with Gasteiger partial charge in [0, 0.05) is 39.3 Å². The number of aliphatic hydroxyl groups is 1. The number of piperazine rings is 1. The average molecular weight is 253 g/mol. The molecular weight excluding hydrogens is 230 g/mol. The quantitative estimate of drug-likeness (QED) is 0.696. The number of nitrogens with zero attached hydrogens (tertiary/aromatic N) is 2. The molecule has 3 fully saturated rings. The van der Waals surface area contributed by atoms with Gasteiger partial charge >= 0.3 is 0 Å². The highest BCUT2D eigenvalue weighted by molar-refractivity contribution is 5.82. The average Bonchev–Trinajstić information content (AvgIpc) is 3.09. The number of carbonyl (C=O) groups excluding carboxylic acids is 1. The molecule has 0 aromatic carbocycles. The zero-order valence-corrected chi connectivity index (χ0v) is 10.8. The molecule has 3 aliphatic rings. The molecule has 1 saturated carbocycles. The van der Waals surface area contributed by atoms with E-state index in [9.17, 15) is 9.90 Å². The Morgan fingerprint density at radius 3 is 2.50 bits per heavy atom. The summed E-state index contributed by atoms with van der Waals surface area (Å²) in [7, 11) is 0. The van der Waals surface area contributed by atoms with Crippen molar-refractivity contribution in [3.63, 3.8) is 0 Å². The lowest BCUT2D eigenvalue weighted by Gasteiger charge is -2.36. The van der Waals surface area contributed by atoms with Crippen LogP contribution in [0.5, 0.6) is 0 Å². The van der Waals surface area contributed by atoms with Gasteiger partial charge < -0.3 is 15.3 Å². The van der Waals surface area contributed by atoms with Crippen molar-refractivity contribution in [2.24, 2.45) is 5.92 Å². The number of carbonyl (C=O) groups is 1. The molecule has 102 valence electrons.